The van der Waals surface area contributed by atoms with Crippen LogP contribution < -0.4 is 43.3 Å². The van der Waals surface area contributed by atoms with E-state index in [1.165, 1.54) is 17.9 Å². The van der Waals surface area contributed by atoms with E-state index < -0.39 is 147 Å². The lowest BCUT2D eigenvalue weighted by molar-refractivity contribution is -0.745. The number of hydrogen-bond donors (Lipinski definition) is 13. The first-order valence-electron chi connectivity index (χ1n) is 20.0. The molecule has 15 N–H and O–H groups in total. The number of rotatable bonds is 18. The number of nitrogen functional groups attached to an aromatic ring is 2. The fourth-order valence-electron chi connectivity index (χ4n) is 7.62. The molecule has 3 aliphatic rings. The van der Waals surface area contributed by atoms with Gasteiger partial charge in [-0.25, -0.2) is 32.4 Å². The molecular formula is C30H40N12O26P4. The van der Waals surface area contributed by atoms with Crippen LogP contribution >= 0.6 is 31.3 Å². The fourth-order valence-corrected chi connectivity index (χ4v) is 12.1. The highest BCUT2D eigenvalue weighted by Gasteiger charge is 2.52. The van der Waals surface area contributed by atoms with Gasteiger partial charge < -0.3 is 75.3 Å². The highest BCUT2D eigenvalue weighted by atomic mass is 31.3. The van der Waals surface area contributed by atoms with Crippen LogP contribution in [-0.4, -0.2) is 159 Å². The van der Waals surface area contributed by atoms with Gasteiger partial charge in [-0.1, -0.05) is 4.98 Å². The smallest absolute Gasteiger partial charge is 0.487 e. The Bertz CT molecular complexity index is 3330. The van der Waals surface area contributed by atoms with Gasteiger partial charge in [0.2, 0.25) is 17.7 Å². The Labute approximate surface area is 395 Å². The van der Waals surface area contributed by atoms with Crippen LogP contribution in [0.5, 0.6) is 0 Å². The summed E-state index contributed by atoms with van der Waals surface area (Å²) in [5, 5.41) is 54.0. The molecule has 72 heavy (non-hydrogen) atoms. The number of anilines is 2. The Kier molecular flexibility index (Phi) is 14.7. The van der Waals surface area contributed by atoms with E-state index in [4.69, 9.17) is 34.7 Å². The highest BCUT2D eigenvalue weighted by Crippen LogP contribution is 2.67. The standard InChI is InChI=1S/C30H40N12O26P4/c1-39-8-42(22-14(39)24(50)38-29(32)36-22)26-18(47)16(45)10(64-26)5-61-70(54,55)67-72(58,59)68-71(56,57)62-6-11-20(19(48)27(65-11)40-3-2-12(43)34-30(40)51)66-69(52,53)60-4-9-15(44)17(46)25(63-9)41-7-33-13-21(41)35-28(31)37-23(13)49/h2-3,7-11,15-20,25-27,44-48H,4-6H2,1H3,(H10-,31,32,34,35,36,37,38,43,49,50,51,52,53,54,55,56,57,58,59)/t9-,10-,11-,15-,16-,17-,18-,19-,20-,25-,26-,27-/m1/s1. The van der Waals surface area contributed by atoms with Crippen LogP contribution in [0.1, 0.15) is 18.7 Å². The summed E-state index contributed by atoms with van der Waals surface area (Å²) in [5.41, 5.74) is 6.99. The number of phosphoric acid groups is 4. The molecule has 42 heteroatoms. The van der Waals surface area contributed by atoms with E-state index in [2.05, 4.69) is 42.6 Å². The number of aromatic nitrogens is 10. The van der Waals surface area contributed by atoms with Gasteiger partial charge in [0.1, 0.15) is 54.9 Å². The van der Waals surface area contributed by atoms with Crippen LogP contribution in [0.3, 0.4) is 0 Å². The summed E-state index contributed by atoms with van der Waals surface area (Å²) in [6, 6.07) is 0.779. The van der Waals surface area contributed by atoms with E-state index in [1.807, 2.05) is 4.98 Å². The van der Waals surface area contributed by atoms with Crippen LogP contribution in [0.2, 0.25) is 0 Å². The molecule has 3 saturated heterocycles. The number of nitrogens with zero attached hydrogens (tertiary/aromatic N) is 7. The van der Waals surface area contributed by atoms with Crippen LogP contribution in [-0.2, 0) is 66.2 Å². The molecule has 0 bridgehead atoms. The molecule has 38 nitrogen and oxygen atoms in total. The normalized spacial score (nSPS) is 31.1. The average molecular weight is 1110 g/mol. The number of aromatic amines is 3. The summed E-state index contributed by atoms with van der Waals surface area (Å²) in [6.45, 7) is -3.78. The van der Waals surface area contributed by atoms with Crippen LogP contribution in [0, 0.1) is 0 Å². The molecule has 3 aliphatic heterocycles. The van der Waals surface area contributed by atoms with Crippen LogP contribution in [0.15, 0.2) is 44.1 Å². The number of ether oxygens (including phenoxy) is 3. The Hall–Kier alpha value is -4.82. The minimum Gasteiger partial charge on any atom is -0.756 e. The van der Waals surface area contributed by atoms with E-state index in [0.29, 0.717) is 4.57 Å². The molecule has 0 radical (unpaired) electrons. The zero-order valence-corrected chi connectivity index (χ0v) is 39.4. The number of hydrogen-bond acceptors (Lipinski definition) is 28. The van der Waals surface area contributed by atoms with Gasteiger partial charge in [-0.3, -0.25) is 61.2 Å². The van der Waals surface area contributed by atoms with Crippen LogP contribution in [0.25, 0.3) is 22.3 Å². The second-order valence-electron chi connectivity index (χ2n) is 15.7. The predicted molar refractivity (Wildman–Crippen MR) is 224 cm³/mol. The van der Waals surface area contributed by atoms with Crippen molar-refractivity contribution < 1.29 is 109 Å². The lowest BCUT2D eigenvalue weighted by Gasteiger charge is -2.27. The van der Waals surface area contributed by atoms with Gasteiger partial charge in [0.15, 0.2) is 29.9 Å². The number of phosphoric ester groups is 3. The predicted octanol–water partition coefficient (Wildman–Crippen LogP) is -6.87. The van der Waals surface area contributed by atoms with Crippen molar-refractivity contribution in [2.45, 2.75) is 73.6 Å². The molecule has 0 saturated carbocycles. The fraction of sp³-hybridized carbons (Fsp3) is 0.533. The number of fused-ring (bicyclic) bond motifs is 2. The second-order valence-corrected chi connectivity index (χ2v) is 21.7. The third-order valence-electron chi connectivity index (χ3n) is 10.8. The molecule has 8 heterocycles. The number of aliphatic hydroxyl groups excluding tert-OH is 5. The second kappa shape index (κ2) is 19.8. The number of aryl methyl sites for hydroxylation is 1. The zero-order valence-electron chi connectivity index (χ0n) is 35.9. The highest BCUT2D eigenvalue weighted by molar-refractivity contribution is 7.66. The van der Waals surface area contributed by atoms with Gasteiger partial charge >= 0.3 is 34.8 Å². The van der Waals surface area contributed by atoms with Crippen molar-refractivity contribution in [1.29, 1.82) is 0 Å². The van der Waals surface area contributed by atoms with Crippen molar-refractivity contribution in [2.75, 3.05) is 31.3 Å². The topological polar surface area (TPSA) is 561 Å². The van der Waals surface area contributed by atoms with Gasteiger partial charge in [0, 0.05) is 12.3 Å². The molecule has 0 spiro atoms. The molecule has 4 unspecified atom stereocenters. The first-order valence-corrected chi connectivity index (χ1v) is 26.0. The number of nitrogens with one attached hydrogen (secondary N) is 3. The lowest BCUT2D eigenvalue weighted by Crippen LogP contribution is -2.46. The first kappa shape index (κ1) is 53.5. The number of nitrogens with two attached hydrogens (primary N) is 2. The zero-order chi connectivity index (χ0) is 52.6. The van der Waals surface area contributed by atoms with Gasteiger partial charge in [0.05, 0.1) is 33.2 Å². The molecular weight excluding hydrogens is 1070 g/mol. The molecule has 396 valence electrons. The number of imidazole rings is 2. The van der Waals surface area contributed by atoms with E-state index in [0.717, 1.165) is 27.7 Å². The van der Waals surface area contributed by atoms with E-state index in [9.17, 15) is 82.5 Å². The Morgan fingerprint density at radius 3 is 2.04 bits per heavy atom. The summed E-state index contributed by atoms with van der Waals surface area (Å²) in [5.74, 6) is -0.682. The molecule has 16 atom stereocenters. The van der Waals surface area contributed by atoms with Gasteiger partial charge in [0.25, 0.3) is 30.4 Å². The maximum atomic E-state index is 13.3. The van der Waals surface area contributed by atoms with Crippen LogP contribution in [0.4, 0.5) is 11.9 Å². The van der Waals surface area contributed by atoms with Crippen molar-refractivity contribution in [3.63, 3.8) is 0 Å². The van der Waals surface area contributed by atoms with Crippen molar-refractivity contribution in [1.82, 2.24) is 43.6 Å². The van der Waals surface area contributed by atoms with Crippen molar-refractivity contribution in [2.24, 2.45) is 7.05 Å². The molecule has 8 rings (SSSR count). The van der Waals surface area contributed by atoms with E-state index >= 15 is 0 Å². The maximum Gasteiger partial charge on any atom is 0.487 e. The Morgan fingerprint density at radius 1 is 0.736 bits per heavy atom. The largest absolute Gasteiger partial charge is 0.756 e. The summed E-state index contributed by atoms with van der Waals surface area (Å²) < 4.78 is 99.4. The molecule has 0 aliphatic carbocycles. The Balaban J connectivity index is 0.904. The monoisotopic (exact) mass is 1110 g/mol. The van der Waals surface area contributed by atoms with Gasteiger partial charge in [-0.15, -0.1) is 0 Å². The quantitative estimate of drug-likeness (QED) is 0.0286. The molecule has 5 aromatic heterocycles. The molecule has 3 fully saturated rings. The minimum atomic E-state index is -6.31. The van der Waals surface area contributed by atoms with Gasteiger partial charge in [-0.05, 0) is 0 Å². The minimum absolute atomic E-state index is 0.0514. The van der Waals surface area contributed by atoms with E-state index in [-0.39, 0.29) is 34.2 Å². The van der Waals surface area contributed by atoms with Crippen molar-refractivity contribution in [3.8, 4) is 0 Å². The van der Waals surface area contributed by atoms with E-state index in [1.54, 1.807) is 0 Å². The summed E-state index contributed by atoms with van der Waals surface area (Å²) in [4.78, 5) is 111. The molecule has 0 aromatic carbocycles. The lowest BCUT2D eigenvalue weighted by atomic mass is 10.1. The Morgan fingerprint density at radius 2 is 1.33 bits per heavy atom. The SMILES string of the molecule is Cn1c[n+]([C@@H]2O[C@H](COP(=O)([O-])OP(=O)(O)OP(=O)(O)OC[C@H]3O[C@@H](n4ccc(=O)[nH]c4=O)[C@H](O)[C@@H]3OP(=O)(O)OC[C@H]3O[C@@H](n4cnc5c(=O)[nH]c(N)nc54)[C@H](O)[C@@H]3O)[C@@H](O)[C@H]2O)c2nc(N)[nH]c(=O)c21. The van der Waals surface area contributed by atoms with Gasteiger partial charge in [-0.2, -0.15) is 9.29 Å². The number of aliphatic hydroxyl groups is 5. The van der Waals surface area contributed by atoms with Crippen molar-refractivity contribution in [3.05, 3.63) is 66.5 Å². The average Bonchev–Trinajstić information content (AvgIpc) is 4.05. The molecule has 0 amide bonds. The summed E-state index contributed by atoms with van der Waals surface area (Å²) in [7, 11) is -22.7. The third-order valence-corrected chi connectivity index (χ3v) is 16.0. The third kappa shape index (κ3) is 11.0. The summed E-state index contributed by atoms with van der Waals surface area (Å²) in [6.07, 6.45) is -19.5. The summed E-state index contributed by atoms with van der Waals surface area (Å²) >= 11 is 0. The first-order chi connectivity index (χ1) is 33.5. The van der Waals surface area contributed by atoms with Crippen molar-refractivity contribution >= 4 is 65.5 Å². The molecule has 5 aromatic rings. The maximum absolute atomic E-state index is 13.3. The number of H-pyrrole nitrogens is 3.